The van der Waals surface area contributed by atoms with Crippen molar-refractivity contribution in [2.75, 3.05) is 19.8 Å². The molecule has 1 unspecified atom stereocenters. The average Bonchev–Trinajstić information content (AvgIpc) is 2.29. The van der Waals surface area contributed by atoms with Gasteiger partial charge in [-0.2, -0.15) is 13.2 Å². The summed E-state index contributed by atoms with van der Waals surface area (Å²) in [5.41, 5.74) is 0.885. The minimum Gasteiger partial charge on any atom is -0.396 e. The van der Waals surface area contributed by atoms with Crippen molar-refractivity contribution in [3.8, 4) is 0 Å². The first-order chi connectivity index (χ1) is 8.42. The Morgan fingerprint density at radius 2 is 1.83 bits per heavy atom. The zero-order valence-electron chi connectivity index (χ0n) is 9.58. The van der Waals surface area contributed by atoms with E-state index in [0.29, 0.717) is 6.42 Å². The molecule has 1 N–H and O–H groups in total. The molecule has 0 saturated carbocycles. The zero-order chi connectivity index (χ0) is 13.6. The van der Waals surface area contributed by atoms with Crippen LogP contribution >= 0.6 is 15.9 Å². The summed E-state index contributed by atoms with van der Waals surface area (Å²) in [6.07, 6.45) is -3.94. The molecule has 0 aliphatic rings. The number of aliphatic hydroxyl groups excluding tert-OH is 1. The van der Waals surface area contributed by atoms with Crippen LogP contribution in [0, 0.1) is 0 Å². The first-order valence-corrected chi connectivity index (χ1v) is 6.22. The maximum absolute atomic E-state index is 11.8. The van der Waals surface area contributed by atoms with E-state index in [1.807, 2.05) is 24.3 Å². The first-order valence-electron chi connectivity index (χ1n) is 5.43. The molecule has 1 rings (SSSR count). The lowest BCUT2D eigenvalue weighted by molar-refractivity contribution is -0.174. The minimum absolute atomic E-state index is 0.0270. The summed E-state index contributed by atoms with van der Waals surface area (Å²) in [6.45, 7) is -1.39. The molecule has 0 aliphatic heterocycles. The van der Waals surface area contributed by atoms with Crippen molar-refractivity contribution in [2.45, 2.75) is 18.5 Å². The molecule has 0 fully saturated rings. The van der Waals surface area contributed by atoms with Gasteiger partial charge in [-0.15, -0.1) is 0 Å². The molecular weight excluding hydrogens is 313 g/mol. The number of hydrogen-bond donors (Lipinski definition) is 1. The van der Waals surface area contributed by atoms with E-state index in [2.05, 4.69) is 20.7 Å². The molecule has 0 saturated heterocycles. The lowest BCUT2D eigenvalue weighted by Crippen LogP contribution is -2.18. The smallest absolute Gasteiger partial charge is 0.396 e. The maximum atomic E-state index is 11.8. The van der Waals surface area contributed by atoms with Gasteiger partial charge < -0.3 is 9.84 Å². The Labute approximate surface area is 112 Å². The van der Waals surface area contributed by atoms with Crippen LogP contribution in [0.3, 0.4) is 0 Å². The van der Waals surface area contributed by atoms with E-state index in [1.165, 1.54) is 0 Å². The number of hydrogen-bond acceptors (Lipinski definition) is 2. The second-order valence-corrected chi connectivity index (χ2v) is 4.80. The van der Waals surface area contributed by atoms with Crippen molar-refractivity contribution in [2.24, 2.45) is 0 Å². The van der Waals surface area contributed by atoms with Crippen molar-refractivity contribution < 1.29 is 23.0 Å². The Balaban J connectivity index is 2.40. The number of halogens is 4. The van der Waals surface area contributed by atoms with Gasteiger partial charge in [-0.25, -0.2) is 0 Å². The van der Waals surface area contributed by atoms with Gasteiger partial charge in [0.1, 0.15) is 6.61 Å². The molecule has 1 aromatic carbocycles. The van der Waals surface area contributed by atoms with Crippen LogP contribution in [0.15, 0.2) is 28.7 Å². The van der Waals surface area contributed by atoms with Crippen LogP contribution in [0.4, 0.5) is 13.2 Å². The first kappa shape index (κ1) is 15.5. The van der Waals surface area contributed by atoms with Gasteiger partial charge >= 0.3 is 6.18 Å². The Hall–Kier alpha value is -0.590. The number of benzene rings is 1. The summed E-state index contributed by atoms with van der Waals surface area (Å²) in [5.74, 6) is -0.202. The van der Waals surface area contributed by atoms with Crippen molar-refractivity contribution in [1.82, 2.24) is 0 Å². The Morgan fingerprint density at radius 3 is 2.33 bits per heavy atom. The van der Waals surface area contributed by atoms with E-state index in [-0.39, 0.29) is 19.1 Å². The standard InChI is InChI=1S/C12H14BrF3O2/c13-11-3-1-9(2-4-11)10(7-17)5-6-18-8-12(14,15)16/h1-4,10,17H,5-8H2. The highest BCUT2D eigenvalue weighted by molar-refractivity contribution is 9.10. The Bertz CT molecular complexity index is 351. The molecule has 0 bridgehead atoms. The highest BCUT2D eigenvalue weighted by atomic mass is 79.9. The van der Waals surface area contributed by atoms with E-state index in [1.54, 1.807) is 0 Å². The summed E-state index contributed by atoms with van der Waals surface area (Å²) < 4.78 is 41.0. The van der Waals surface area contributed by atoms with Gasteiger partial charge in [0, 0.05) is 17.0 Å². The summed E-state index contributed by atoms with van der Waals surface area (Å²) in [4.78, 5) is 0. The van der Waals surface area contributed by atoms with Crippen molar-refractivity contribution >= 4 is 15.9 Å². The quantitative estimate of drug-likeness (QED) is 0.811. The van der Waals surface area contributed by atoms with Crippen LogP contribution in [0.2, 0.25) is 0 Å². The normalized spacial score (nSPS) is 13.6. The molecular formula is C12H14BrF3O2. The van der Waals surface area contributed by atoms with Crippen LogP contribution in [0.25, 0.3) is 0 Å². The monoisotopic (exact) mass is 326 g/mol. The topological polar surface area (TPSA) is 29.5 Å². The molecule has 0 spiro atoms. The van der Waals surface area contributed by atoms with Gasteiger partial charge in [0.15, 0.2) is 0 Å². The molecule has 6 heteroatoms. The summed E-state index contributed by atoms with van der Waals surface area (Å²) >= 11 is 3.29. The molecule has 18 heavy (non-hydrogen) atoms. The van der Waals surface area contributed by atoms with E-state index >= 15 is 0 Å². The van der Waals surface area contributed by atoms with Crippen molar-refractivity contribution in [3.63, 3.8) is 0 Å². The molecule has 0 amide bonds. The number of rotatable bonds is 6. The Morgan fingerprint density at radius 1 is 1.22 bits per heavy atom. The third-order valence-corrected chi connectivity index (χ3v) is 2.97. The van der Waals surface area contributed by atoms with Crippen LogP contribution in [-0.2, 0) is 4.74 Å². The second kappa shape index (κ2) is 7.11. The van der Waals surface area contributed by atoms with Gasteiger partial charge in [0.2, 0.25) is 0 Å². The molecule has 0 radical (unpaired) electrons. The number of aliphatic hydroxyl groups is 1. The summed E-state index contributed by atoms with van der Waals surface area (Å²) in [7, 11) is 0. The lowest BCUT2D eigenvalue weighted by Gasteiger charge is -2.15. The molecule has 0 heterocycles. The highest BCUT2D eigenvalue weighted by Gasteiger charge is 2.27. The molecule has 2 nitrogen and oxygen atoms in total. The number of ether oxygens (including phenoxy) is 1. The van der Waals surface area contributed by atoms with E-state index in [0.717, 1.165) is 10.0 Å². The zero-order valence-corrected chi connectivity index (χ0v) is 11.2. The van der Waals surface area contributed by atoms with Gasteiger partial charge in [0.25, 0.3) is 0 Å². The SMILES string of the molecule is OCC(CCOCC(F)(F)F)c1ccc(Br)cc1. The van der Waals surface area contributed by atoms with Gasteiger partial charge in [0.05, 0.1) is 6.61 Å². The molecule has 0 aliphatic carbocycles. The third-order valence-electron chi connectivity index (χ3n) is 2.44. The molecule has 1 aromatic rings. The van der Waals surface area contributed by atoms with Gasteiger partial charge in [-0.3, -0.25) is 0 Å². The third kappa shape index (κ3) is 5.84. The van der Waals surface area contributed by atoms with Crippen LogP contribution in [0.1, 0.15) is 17.9 Å². The van der Waals surface area contributed by atoms with E-state index < -0.39 is 12.8 Å². The molecule has 102 valence electrons. The van der Waals surface area contributed by atoms with Crippen LogP contribution in [0.5, 0.6) is 0 Å². The summed E-state index contributed by atoms with van der Waals surface area (Å²) in [6, 6.07) is 7.31. The predicted octanol–water partition coefficient (Wildman–Crippen LogP) is 3.49. The highest BCUT2D eigenvalue weighted by Crippen LogP contribution is 2.22. The Kier molecular flexibility index (Phi) is 6.11. The summed E-state index contributed by atoms with van der Waals surface area (Å²) in [5, 5.41) is 9.22. The molecule has 0 aromatic heterocycles. The largest absolute Gasteiger partial charge is 0.411 e. The fourth-order valence-corrected chi connectivity index (χ4v) is 1.78. The predicted molar refractivity (Wildman–Crippen MR) is 65.5 cm³/mol. The fourth-order valence-electron chi connectivity index (χ4n) is 1.51. The fraction of sp³-hybridized carbons (Fsp3) is 0.500. The van der Waals surface area contributed by atoms with Gasteiger partial charge in [-0.1, -0.05) is 28.1 Å². The van der Waals surface area contributed by atoms with Crippen LogP contribution < -0.4 is 0 Å². The van der Waals surface area contributed by atoms with Crippen LogP contribution in [-0.4, -0.2) is 31.1 Å². The van der Waals surface area contributed by atoms with E-state index in [4.69, 9.17) is 0 Å². The maximum Gasteiger partial charge on any atom is 0.411 e. The molecule has 1 atom stereocenters. The average molecular weight is 327 g/mol. The van der Waals surface area contributed by atoms with E-state index in [9.17, 15) is 18.3 Å². The minimum atomic E-state index is -4.30. The lowest BCUT2D eigenvalue weighted by atomic mass is 9.97. The number of alkyl halides is 3. The van der Waals surface area contributed by atoms with Crippen molar-refractivity contribution in [3.05, 3.63) is 34.3 Å². The van der Waals surface area contributed by atoms with Gasteiger partial charge in [-0.05, 0) is 24.1 Å². The second-order valence-electron chi connectivity index (χ2n) is 3.89. The van der Waals surface area contributed by atoms with Crippen molar-refractivity contribution in [1.29, 1.82) is 0 Å².